The molecule has 1 aromatic heterocycles. The third-order valence-corrected chi connectivity index (χ3v) is 7.85. The number of halogens is 1. The van der Waals surface area contributed by atoms with Gasteiger partial charge in [-0.25, -0.2) is 17.8 Å². The first-order chi connectivity index (χ1) is 13.9. The van der Waals surface area contributed by atoms with E-state index in [0.717, 1.165) is 25.7 Å². The van der Waals surface area contributed by atoms with Crippen LogP contribution in [0.25, 0.3) is 5.69 Å². The monoisotopic (exact) mass is 437 g/mol. The van der Waals surface area contributed by atoms with E-state index in [4.69, 9.17) is 11.6 Å². The lowest BCUT2D eigenvalue weighted by atomic mass is 10.1. The number of nitrogens with zero attached hydrogens (tertiary/aromatic N) is 4. The van der Waals surface area contributed by atoms with Gasteiger partial charge in [-0.3, -0.25) is 4.79 Å². The largest absolute Gasteiger partial charge is 0.336 e. The highest BCUT2D eigenvalue weighted by molar-refractivity contribution is 7.90. The van der Waals surface area contributed by atoms with Crippen molar-refractivity contribution < 1.29 is 13.2 Å². The molecule has 1 N–H and O–H groups in total. The molecule has 8 nitrogen and oxygen atoms in total. The minimum absolute atomic E-state index is 0.0293. The highest BCUT2D eigenvalue weighted by atomic mass is 35.5. The molecular formula is C19H24ClN5O3S. The van der Waals surface area contributed by atoms with Crippen molar-refractivity contribution >= 4 is 27.5 Å². The molecule has 1 atom stereocenters. The molecule has 2 aromatic rings. The zero-order chi connectivity index (χ0) is 20.4. The Labute approximate surface area is 175 Å². The van der Waals surface area contributed by atoms with Crippen LogP contribution in [0.1, 0.15) is 49.0 Å². The molecule has 10 heteroatoms. The SMILES string of the molecule is O=C(c1cn(-c2ccccc2Cl)nn1)N1CCC[C@H](S(=O)(=O)NC2CCCC2)C1. The summed E-state index contributed by atoms with van der Waals surface area (Å²) in [6.07, 6.45) is 6.61. The number of rotatable bonds is 5. The van der Waals surface area contributed by atoms with Gasteiger partial charge in [-0.2, -0.15) is 0 Å². The minimum Gasteiger partial charge on any atom is -0.336 e. The number of sulfonamides is 1. The number of aromatic nitrogens is 3. The van der Waals surface area contributed by atoms with Gasteiger partial charge in [0.2, 0.25) is 10.0 Å². The molecule has 4 rings (SSSR count). The summed E-state index contributed by atoms with van der Waals surface area (Å²) in [4.78, 5) is 14.5. The smallest absolute Gasteiger partial charge is 0.276 e. The molecule has 2 fully saturated rings. The average molecular weight is 438 g/mol. The molecule has 1 amide bonds. The van der Waals surface area contributed by atoms with Gasteiger partial charge in [0.05, 0.1) is 22.2 Å². The van der Waals surface area contributed by atoms with Gasteiger partial charge in [0.15, 0.2) is 5.69 Å². The Bertz CT molecular complexity index is 987. The predicted molar refractivity (Wildman–Crippen MR) is 110 cm³/mol. The second-order valence-electron chi connectivity index (χ2n) is 7.66. The Morgan fingerprint density at radius 1 is 1.14 bits per heavy atom. The van der Waals surface area contributed by atoms with E-state index in [1.807, 2.05) is 12.1 Å². The summed E-state index contributed by atoms with van der Waals surface area (Å²) in [6, 6.07) is 7.17. The third kappa shape index (κ3) is 4.46. The molecule has 29 heavy (non-hydrogen) atoms. The summed E-state index contributed by atoms with van der Waals surface area (Å²) in [7, 11) is -3.46. The third-order valence-electron chi connectivity index (χ3n) is 5.60. The Balaban J connectivity index is 1.46. The van der Waals surface area contributed by atoms with Crippen molar-refractivity contribution in [2.75, 3.05) is 13.1 Å². The van der Waals surface area contributed by atoms with Crippen LogP contribution in [0.5, 0.6) is 0 Å². The second kappa shape index (κ2) is 8.41. The molecule has 0 radical (unpaired) electrons. The fourth-order valence-electron chi connectivity index (χ4n) is 4.03. The molecule has 0 bridgehead atoms. The molecule has 156 valence electrons. The van der Waals surface area contributed by atoms with Gasteiger partial charge in [0.25, 0.3) is 5.91 Å². The molecular weight excluding hydrogens is 414 g/mol. The van der Waals surface area contributed by atoms with Crippen LogP contribution in [0, 0.1) is 0 Å². The number of amides is 1. The van der Waals surface area contributed by atoms with E-state index >= 15 is 0 Å². The van der Waals surface area contributed by atoms with E-state index < -0.39 is 15.3 Å². The number of carbonyl (C=O) groups excluding carboxylic acids is 1. The van der Waals surface area contributed by atoms with Gasteiger partial charge < -0.3 is 4.90 Å². The van der Waals surface area contributed by atoms with E-state index in [1.54, 1.807) is 17.0 Å². The normalized spacial score (nSPS) is 20.9. The van der Waals surface area contributed by atoms with Crippen molar-refractivity contribution in [3.63, 3.8) is 0 Å². The Morgan fingerprint density at radius 3 is 2.66 bits per heavy atom. The van der Waals surface area contributed by atoms with E-state index in [1.165, 1.54) is 10.9 Å². The van der Waals surface area contributed by atoms with Crippen LogP contribution >= 0.6 is 11.6 Å². The first kappa shape index (κ1) is 20.3. The highest BCUT2D eigenvalue weighted by Gasteiger charge is 2.35. The molecule has 1 saturated heterocycles. The van der Waals surface area contributed by atoms with Gasteiger partial charge in [-0.05, 0) is 37.8 Å². The van der Waals surface area contributed by atoms with Gasteiger partial charge in [-0.15, -0.1) is 5.10 Å². The predicted octanol–water partition coefficient (Wildman–Crippen LogP) is 2.39. The van der Waals surface area contributed by atoms with E-state index in [-0.39, 0.29) is 24.2 Å². The molecule has 1 aliphatic carbocycles. The number of likely N-dealkylation sites (tertiary alicyclic amines) is 1. The van der Waals surface area contributed by atoms with E-state index in [2.05, 4.69) is 15.0 Å². The number of para-hydroxylation sites is 1. The van der Waals surface area contributed by atoms with Crippen LogP contribution in [0.15, 0.2) is 30.5 Å². The molecule has 0 spiro atoms. The first-order valence-electron chi connectivity index (χ1n) is 9.92. The van der Waals surface area contributed by atoms with E-state index in [0.29, 0.717) is 30.1 Å². The van der Waals surface area contributed by atoms with Gasteiger partial charge >= 0.3 is 0 Å². The van der Waals surface area contributed by atoms with Crippen LogP contribution in [-0.2, 0) is 10.0 Å². The Morgan fingerprint density at radius 2 is 1.90 bits per heavy atom. The lowest BCUT2D eigenvalue weighted by Crippen LogP contribution is -2.50. The maximum atomic E-state index is 12.9. The van der Waals surface area contributed by atoms with Crippen LogP contribution in [0.4, 0.5) is 0 Å². The Kier molecular flexibility index (Phi) is 5.89. The van der Waals surface area contributed by atoms with Crippen molar-refractivity contribution in [2.45, 2.75) is 49.8 Å². The Hall–Kier alpha value is -1.97. The molecule has 1 aliphatic heterocycles. The number of benzene rings is 1. The van der Waals surface area contributed by atoms with E-state index in [9.17, 15) is 13.2 Å². The maximum absolute atomic E-state index is 12.9. The van der Waals surface area contributed by atoms with Crippen molar-refractivity contribution in [2.24, 2.45) is 0 Å². The van der Waals surface area contributed by atoms with Gasteiger partial charge in [0, 0.05) is 19.1 Å². The first-order valence-corrected chi connectivity index (χ1v) is 11.8. The zero-order valence-corrected chi connectivity index (χ0v) is 17.6. The van der Waals surface area contributed by atoms with Crippen LogP contribution in [-0.4, -0.2) is 58.6 Å². The number of hydrogen-bond donors (Lipinski definition) is 1. The summed E-state index contributed by atoms with van der Waals surface area (Å²) < 4.78 is 29.9. The van der Waals surface area contributed by atoms with Crippen LogP contribution in [0.2, 0.25) is 5.02 Å². The number of hydrogen-bond acceptors (Lipinski definition) is 5. The van der Waals surface area contributed by atoms with Crippen LogP contribution in [0.3, 0.4) is 0 Å². The fraction of sp³-hybridized carbons (Fsp3) is 0.526. The highest BCUT2D eigenvalue weighted by Crippen LogP contribution is 2.23. The topological polar surface area (TPSA) is 97.2 Å². The summed E-state index contributed by atoms with van der Waals surface area (Å²) >= 11 is 6.18. The standard InChI is InChI=1S/C19H24ClN5O3S/c20-16-9-3-4-10-18(16)25-13-17(21-23-25)19(26)24-11-5-8-15(12-24)29(27,28)22-14-6-1-2-7-14/h3-4,9-10,13-15,22H,1-2,5-8,11-12H2/t15-/m0/s1. The quantitative estimate of drug-likeness (QED) is 0.774. The van der Waals surface area contributed by atoms with Gasteiger partial charge in [0.1, 0.15) is 0 Å². The molecule has 2 heterocycles. The second-order valence-corrected chi connectivity index (χ2v) is 10.1. The maximum Gasteiger partial charge on any atom is 0.276 e. The van der Waals surface area contributed by atoms with Crippen molar-refractivity contribution in [3.8, 4) is 5.69 Å². The molecule has 1 saturated carbocycles. The van der Waals surface area contributed by atoms with Crippen molar-refractivity contribution in [3.05, 3.63) is 41.2 Å². The summed E-state index contributed by atoms with van der Waals surface area (Å²) in [5.74, 6) is -0.316. The lowest BCUT2D eigenvalue weighted by Gasteiger charge is -2.32. The van der Waals surface area contributed by atoms with Crippen LogP contribution < -0.4 is 4.72 Å². The summed E-state index contributed by atoms with van der Waals surface area (Å²) in [5, 5.41) is 7.88. The molecule has 1 aromatic carbocycles. The number of piperidine rings is 1. The fourth-order valence-corrected chi connectivity index (χ4v) is 6.00. The molecule has 0 unspecified atom stereocenters. The number of carbonyl (C=O) groups is 1. The minimum atomic E-state index is -3.46. The molecule has 2 aliphatic rings. The number of nitrogens with one attached hydrogen (secondary N) is 1. The summed E-state index contributed by atoms with van der Waals surface area (Å²) in [5.41, 5.74) is 0.798. The zero-order valence-electron chi connectivity index (χ0n) is 16.0. The van der Waals surface area contributed by atoms with Gasteiger partial charge in [-0.1, -0.05) is 41.8 Å². The average Bonchev–Trinajstić information content (AvgIpc) is 3.40. The summed E-state index contributed by atoms with van der Waals surface area (Å²) in [6.45, 7) is 0.674. The lowest BCUT2D eigenvalue weighted by molar-refractivity contribution is 0.0720. The van der Waals surface area contributed by atoms with Crippen molar-refractivity contribution in [1.82, 2.24) is 24.6 Å². The van der Waals surface area contributed by atoms with Crippen molar-refractivity contribution in [1.29, 1.82) is 0 Å².